The van der Waals surface area contributed by atoms with E-state index in [1.54, 1.807) is 0 Å². The van der Waals surface area contributed by atoms with E-state index in [9.17, 15) is 0 Å². The van der Waals surface area contributed by atoms with E-state index in [0.717, 1.165) is 99.9 Å². The minimum absolute atomic E-state index is 0.648. The number of fused-ring (bicyclic) bond motifs is 6. The highest BCUT2D eigenvalue weighted by Gasteiger charge is 2.24. The molecule has 0 radical (unpaired) electrons. The molecule has 0 fully saturated rings. The van der Waals surface area contributed by atoms with Gasteiger partial charge in [-0.25, -0.2) is 19.9 Å². The first-order valence-electron chi connectivity index (χ1n) is 20.1. The smallest absolute Gasteiger partial charge is 0.179 e. The highest BCUT2D eigenvalue weighted by Crippen LogP contribution is 2.43. The molecule has 61 heavy (non-hydrogen) atoms. The largest absolute Gasteiger partial charge is 0.309 e. The van der Waals surface area contributed by atoms with Crippen molar-refractivity contribution >= 4 is 83.6 Å². The average molecular weight is 819 g/mol. The van der Waals surface area contributed by atoms with Crippen molar-refractivity contribution in [1.29, 1.82) is 0 Å². The Kier molecular flexibility index (Phi) is 9.04. The van der Waals surface area contributed by atoms with Crippen LogP contribution in [0.5, 0.6) is 0 Å². The Morgan fingerprint density at radius 3 is 1.57 bits per heavy atom. The molecule has 11 rings (SSSR count). The van der Waals surface area contributed by atoms with Crippen LogP contribution in [0.4, 0.5) is 0 Å². The second-order valence-electron chi connectivity index (χ2n) is 15.1. The summed E-state index contributed by atoms with van der Waals surface area (Å²) in [6.45, 7) is 2.14. The zero-order chi connectivity index (χ0) is 41.0. The molecular weight excluding hydrogens is 783 g/mol. The maximum Gasteiger partial charge on any atom is 0.179 e. The molecule has 0 unspecified atom stereocenters. The van der Waals surface area contributed by atoms with Crippen LogP contribution < -0.4 is 11.0 Å². The van der Waals surface area contributed by atoms with E-state index in [0.29, 0.717) is 11.4 Å². The number of hydrogen-bond donors (Lipinski definition) is 0. The van der Waals surface area contributed by atoms with E-state index in [4.69, 9.17) is 19.9 Å². The summed E-state index contributed by atoms with van der Waals surface area (Å²) in [6, 6.07) is 62.0. The van der Waals surface area contributed by atoms with Crippen LogP contribution in [0.3, 0.4) is 0 Å². The van der Waals surface area contributed by atoms with Crippen LogP contribution in [0.1, 0.15) is 5.56 Å². The molecule has 0 saturated heterocycles. The number of benzene rings is 7. The minimum atomic E-state index is 0.648. The van der Waals surface area contributed by atoms with Gasteiger partial charge in [-0.05, 0) is 81.4 Å². The zero-order valence-corrected chi connectivity index (χ0v) is 35.0. The molecule has 4 heterocycles. The fraction of sp³-hybridized carbons (Fsp3) is 0.0189. The lowest BCUT2D eigenvalue weighted by molar-refractivity contribution is 1.14. The number of nitrogens with zero attached hydrogens (tertiary/aromatic N) is 6. The fourth-order valence-corrected chi connectivity index (χ4v) is 9.46. The lowest BCUT2D eigenvalue weighted by Gasteiger charge is -2.20. The third-order valence-corrected chi connectivity index (χ3v) is 12.4. The van der Waals surface area contributed by atoms with Gasteiger partial charge in [-0.3, -0.25) is 0 Å². The van der Waals surface area contributed by atoms with Crippen molar-refractivity contribution in [2.45, 2.75) is 6.92 Å². The molecule has 0 N–H and O–H groups in total. The third-order valence-electron chi connectivity index (χ3n) is 11.4. The number of para-hydroxylation sites is 3. The summed E-state index contributed by atoms with van der Waals surface area (Å²) in [5.41, 5.74) is 15.4. The molecule has 0 bridgehead atoms. The Bertz CT molecular complexity index is 3370. The highest BCUT2D eigenvalue weighted by atomic mass is 31.1. The summed E-state index contributed by atoms with van der Waals surface area (Å²) < 4.78 is 4.79. The maximum atomic E-state index is 5.33. The molecular formula is C53H36N6P2. The van der Waals surface area contributed by atoms with Gasteiger partial charge in [0.1, 0.15) is 0 Å². The molecule has 0 spiro atoms. The first-order valence-corrected chi connectivity index (χ1v) is 22.2. The average Bonchev–Trinajstić information content (AvgIpc) is 3.84. The van der Waals surface area contributed by atoms with Crippen LogP contribution in [0.2, 0.25) is 0 Å². The topological polar surface area (TPSA) is 61.4 Å². The SMILES string of the molecule is C=Pc1cc(-c2cc(C)cc(-c3cc(-c4ccccc4)nc(P=C)n3)c2-n2c3ccccc3c3cc(-n4c5ccccc5c5ccccc54)ccc32)nc(-c2ccccc2)n1. The summed E-state index contributed by atoms with van der Waals surface area (Å²) in [6.07, 6.45) is 8.44. The van der Waals surface area contributed by atoms with Gasteiger partial charge in [-0.1, -0.05) is 136 Å². The summed E-state index contributed by atoms with van der Waals surface area (Å²) in [7, 11) is 1.53. The number of rotatable bonds is 8. The lowest BCUT2D eigenvalue weighted by atomic mass is 9.97. The fourth-order valence-electron chi connectivity index (χ4n) is 8.72. The van der Waals surface area contributed by atoms with Gasteiger partial charge in [0.15, 0.2) is 11.4 Å². The molecule has 6 nitrogen and oxygen atoms in total. The van der Waals surface area contributed by atoms with Crippen LogP contribution in [0.25, 0.3) is 100 Å². The van der Waals surface area contributed by atoms with Gasteiger partial charge in [-0.15, -0.1) is 0 Å². The Balaban J connectivity index is 1.25. The summed E-state index contributed by atoms with van der Waals surface area (Å²) in [4.78, 5) is 20.5. The summed E-state index contributed by atoms with van der Waals surface area (Å²) in [5, 5.41) is 4.75. The van der Waals surface area contributed by atoms with E-state index in [-0.39, 0.29) is 0 Å². The lowest BCUT2D eigenvalue weighted by Crippen LogP contribution is -2.11. The number of aryl methyl sites for hydroxylation is 1. The Labute approximate surface area is 356 Å². The van der Waals surface area contributed by atoms with Crippen LogP contribution >= 0.6 is 16.4 Å². The standard InChI is InChI=1S/C53H36N6P2/c1-33-28-41(44-31-43(55-53(56-44)61-3)34-16-6-4-7-17-34)51(42(29-33)45-32-50(60-2)57-52(54-45)35-18-8-5-9-19-35)59-48-25-15-12-22-39(48)40-30-36(26-27-49(40)59)58-46-23-13-10-20-37(46)38-21-11-14-24-47(38)58/h4-32H,2-3H2,1H3. The molecule has 0 aliphatic carbocycles. The van der Waals surface area contributed by atoms with Gasteiger partial charge in [0.25, 0.3) is 0 Å². The quantitative estimate of drug-likeness (QED) is 0.143. The Hall–Kier alpha value is -7.36. The van der Waals surface area contributed by atoms with Crippen molar-refractivity contribution in [3.05, 3.63) is 181 Å². The van der Waals surface area contributed by atoms with Gasteiger partial charge in [0.05, 0.1) is 50.3 Å². The Morgan fingerprint density at radius 2 is 0.951 bits per heavy atom. The van der Waals surface area contributed by atoms with Crippen molar-refractivity contribution in [1.82, 2.24) is 29.1 Å². The zero-order valence-electron chi connectivity index (χ0n) is 33.2. The van der Waals surface area contributed by atoms with Gasteiger partial charge in [0, 0.05) is 49.5 Å². The predicted molar refractivity (Wildman–Crippen MR) is 260 cm³/mol. The number of hydrogen-bond acceptors (Lipinski definition) is 4. The first-order chi connectivity index (χ1) is 30.1. The highest BCUT2D eigenvalue weighted by molar-refractivity contribution is 7.45. The van der Waals surface area contributed by atoms with Crippen molar-refractivity contribution < 1.29 is 0 Å². The predicted octanol–water partition coefficient (Wildman–Crippen LogP) is 12.4. The normalized spacial score (nSPS) is 11.8. The van der Waals surface area contributed by atoms with Crippen LogP contribution in [-0.4, -0.2) is 41.7 Å². The van der Waals surface area contributed by atoms with E-state index >= 15 is 0 Å². The van der Waals surface area contributed by atoms with Crippen molar-refractivity contribution in [3.63, 3.8) is 0 Å². The van der Waals surface area contributed by atoms with Crippen LogP contribution in [-0.2, 0) is 0 Å². The molecule has 0 amide bonds. The maximum absolute atomic E-state index is 5.33. The second-order valence-corrected chi connectivity index (χ2v) is 16.5. The summed E-state index contributed by atoms with van der Waals surface area (Å²) in [5.74, 6) is 0.655. The molecule has 288 valence electrons. The van der Waals surface area contributed by atoms with Crippen LogP contribution in [0, 0.1) is 6.92 Å². The van der Waals surface area contributed by atoms with E-state index < -0.39 is 0 Å². The first kappa shape index (κ1) is 36.7. The van der Waals surface area contributed by atoms with Crippen molar-refractivity contribution in [2.75, 3.05) is 0 Å². The number of aromatic nitrogens is 6. The van der Waals surface area contributed by atoms with E-state index in [1.807, 2.05) is 36.4 Å². The summed E-state index contributed by atoms with van der Waals surface area (Å²) >= 11 is 0. The molecule has 8 heteroatoms. The van der Waals surface area contributed by atoms with Crippen molar-refractivity contribution in [2.24, 2.45) is 0 Å². The monoisotopic (exact) mass is 818 g/mol. The van der Waals surface area contributed by atoms with Crippen LogP contribution in [0.15, 0.2) is 176 Å². The minimum Gasteiger partial charge on any atom is -0.309 e. The van der Waals surface area contributed by atoms with E-state index in [2.05, 4.69) is 168 Å². The molecule has 4 aromatic heterocycles. The third kappa shape index (κ3) is 6.28. The second kappa shape index (κ2) is 15.0. The van der Waals surface area contributed by atoms with Gasteiger partial charge >= 0.3 is 0 Å². The van der Waals surface area contributed by atoms with Gasteiger partial charge in [0.2, 0.25) is 0 Å². The molecule has 0 aliphatic rings. The van der Waals surface area contributed by atoms with E-state index in [1.165, 1.54) is 21.8 Å². The molecule has 0 saturated carbocycles. The van der Waals surface area contributed by atoms with Crippen molar-refractivity contribution in [3.8, 4) is 56.5 Å². The molecule has 11 aromatic rings. The molecule has 0 aliphatic heterocycles. The molecule has 7 aromatic carbocycles. The molecule has 0 atom stereocenters. The van der Waals surface area contributed by atoms with Gasteiger partial charge < -0.3 is 9.13 Å². The Morgan fingerprint density at radius 1 is 0.426 bits per heavy atom. The van der Waals surface area contributed by atoms with Gasteiger partial charge in [-0.2, -0.15) is 0 Å².